The molecule has 0 aromatic heterocycles. The number of rotatable bonds is 16. The normalized spacial score (nSPS) is 12.6. The number of guanidine groups is 1. The topological polar surface area (TPSA) is 305 Å². The SMILES string of the molecule is CC(C)[C@H](NC(=O)c1cc([N+](C)(C)C)ccc1C#N)C(=O)NCCC(=O)N[C@@H](CCCN=C(N)N)C(=O)NCC(N)=O.O=S(=O)([O-])C(F)(F)F. The second kappa shape index (κ2) is 19.9. The number of aliphatic imine (C=N–C) groups is 1. The molecule has 22 heteroatoms. The van der Waals surface area contributed by atoms with Crippen molar-refractivity contribution in [2.24, 2.45) is 28.1 Å². The van der Waals surface area contributed by atoms with Crippen LogP contribution < -0.4 is 43.0 Å². The molecule has 0 unspecified atom stereocenters. The molecule has 0 fully saturated rings. The number of benzene rings is 1. The van der Waals surface area contributed by atoms with Crippen LogP contribution in [0.1, 0.15) is 49.0 Å². The van der Waals surface area contributed by atoms with Crippen LogP contribution in [0.5, 0.6) is 0 Å². The van der Waals surface area contributed by atoms with E-state index in [2.05, 4.69) is 26.3 Å². The van der Waals surface area contributed by atoms with Crippen LogP contribution in [0.25, 0.3) is 0 Å². The van der Waals surface area contributed by atoms with Crippen LogP contribution in [0.2, 0.25) is 0 Å². The summed E-state index contributed by atoms with van der Waals surface area (Å²) >= 11 is 0. The Morgan fingerprint density at radius 2 is 1.60 bits per heavy atom. The van der Waals surface area contributed by atoms with E-state index < -0.39 is 63.8 Å². The fraction of sp³-hybridized carbons (Fsp3) is 0.536. The van der Waals surface area contributed by atoms with Crippen LogP contribution >= 0.6 is 0 Å². The molecule has 280 valence electrons. The molecule has 0 saturated heterocycles. The minimum Gasteiger partial charge on any atom is -0.741 e. The first kappa shape index (κ1) is 45.0. The van der Waals surface area contributed by atoms with E-state index in [0.717, 1.165) is 5.69 Å². The van der Waals surface area contributed by atoms with Crippen LogP contribution in [-0.2, 0) is 29.3 Å². The van der Waals surface area contributed by atoms with Crippen molar-refractivity contribution in [3.05, 3.63) is 29.3 Å². The summed E-state index contributed by atoms with van der Waals surface area (Å²) in [6.07, 6.45) is 0.383. The molecule has 0 aliphatic rings. The van der Waals surface area contributed by atoms with Gasteiger partial charge in [0.25, 0.3) is 5.91 Å². The van der Waals surface area contributed by atoms with E-state index in [-0.39, 0.29) is 48.9 Å². The van der Waals surface area contributed by atoms with E-state index in [1.165, 1.54) is 0 Å². The summed E-state index contributed by atoms with van der Waals surface area (Å²) in [7, 11) is -0.322. The summed E-state index contributed by atoms with van der Waals surface area (Å²) in [5.74, 6) is -3.38. The highest BCUT2D eigenvalue weighted by Gasteiger charge is 2.37. The Kier molecular flexibility index (Phi) is 17.9. The standard InChI is InChI=1S/C27H42N10O5.CHF3O3S/c1-16(2)23(36-24(40)19-13-18(37(3,4)5)9-8-17(19)14-28)26(42)32-12-10-22(39)35-20(7-6-11-33-27(30)31)25(41)34-15-21(29)38;2-1(3,4)8(5,6)7/h8-9,13,16,20,23H,6-7,10-12,15H2,1-5H3,(H9-,29,30,31,32,33,34,35,36,38,39,40,41,42);(H,5,6,7)/t20-,23-;/m0./s1. The minimum atomic E-state index is -6.09. The number of carbonyl (C=O) groups is 5. The van der Waals surface area contributed by atoms with E-state index in [1.807, 2.05) is 27.2 Å². The van der Waals surface area contributed by atoms with Crippen molar-refractivity contribution in [3.8, 4) is 6.07 Å². The van der Waals surface area contributed by atoms with Gasteiger partial charge in [0.2, 0.25) is 23.6 Å². The molecule has 0 bridgehead atoms. The Morgan fingerprint density at radius 1 is 1.02 bits per heavy atom. The zero-order valence-electron chi connectivity index (χ0n) is 28.1. The quantitative estimate of drug-likeness (QED) is 0.0248. The highest BCUT2D eigenvalue weighted by Crippen LogP contribution is 2.22. The molecule has 50 heavy (non-hydrogen) atoms. The molecule has 2 atom stereocenters. The number of amides is 5. The lowest BCUT2D eigenvalue weighted by molar-refractivity contribution is -0.130. The molecule has 0 heterocycles. The maximum atomic E-state index is 13.1. The predicted octanol–water partition coefficient (Wildman–Crippen LogP) is -1.79. The number of hydrogen-bond donors (Lipinski definition) is 7. The van der Waals surface area contributed by atoms with Crippen LogP contribution in [0.4, 0.5) is 18.9 Å². The van der Waals surface area contributed by atoms with Crippen molar-refractivity contribution >= 4 is 51.3 Å². The Hall–Kier alpha value is -5.01. The van der Waals surface area contributed by atoms with Gasteiger partial charge in [0.05, 0.1) is 44.9 Å². The van der Waals surface area contributed by atoms with Crippen LogP contribution in [-0.4, -0.2) is 107 Å². The average Bonchev–Trinajstić information content (AvgIpc) is 2.98. The first-order valence-electron chi connectivity index (χ1n) is 14.7. The summed E-state index contributed by atoms with van der Waals surface area (Å²) < 4.78 is 59.3. The maximum Gasteiger partial charge on any atom is 0.485 e. The molecular weight excluding hydrogens is 693 g/mol. The number of quaternary nitrogens is 1. The molecule has 18 nitrogen and oxygen atoms in total. The second-order valence-electron chi connectivity index (χ2n) is 11.7. The Labute approximate surface area is 287 Å². The first-order valence-corrected chi connectivity index (χ1v) is 16.1. The van der Waals surface area contributed by atoms with Crippen molar-refractivity contribution in [2.45, 2.75) is 50.7 Å². The van der Waals surface area contributed by atoms with Gasteiger partial charge in [-0.1, -0.05) is 13.8 Å². The number of nitrogens with zero attached hydrogens (tertiary/aromatic N) is 3. The summed E-state index contributed by atoms with van der Waals surface area (Å²) in [6, 6.07) is 5.04. The molecule has 5 amide bonds. The molecule has 1 rings (SSSR count). The fourth-order valence-electron chi connectivity index (χ4n) is 3.73. The van der Waals surface area contributed by atoms with Crippen molar-refractivity contribution in [1.82, 2.24) is 25.8 Å². The third kappa shape index (κ3) is 16.9. The molecule has 1 aromatic rings. The Bertz CT molecular complexity index is 1550. The predicted molar refractivity (Wildman–Crippen MR) is 174 cm³/mol. The van der Waals surface area contributed by atoms with E-state index >= 15 is 0 Å². The summed E-state index contributed by atoms with van der Waals surface area (Å²) in [6.45, 7) is 3.26. The number of alkyl halides is 3. The zero-order valence-corrected chi connectivity index (χ0v) is 28.9. The Balaban J connectivity index is 0.00000265. The molecule has 0 saturated carbocycles. The van der Waals surface area contributed by atoms with Gasteiger partial charge in [-0.05, 0) is 24.8 Å². The molecular formula is C28H43F3N10O8S. The number of hydrogen-bond acceptors (Lipinski definition) is 10. The Morgan fingerprint density at radius 3 is 2.06 bits per heavy atom. The average molecular weight is 737 g/mol. The lowest BCUT2D eigenvalue weighted by Gasteiger charge is -2.25. The molecule has 10 N–H and O–H groups in total. The monoisotopic (exact) mass is 736 g/mol. The van der Waals surface area contributed by atoms with Gasteiger partial charge in [-0.15, -0.1) is 0 Å². The highest BCUT2D eigenvalue weighted by atomic mass is 32.2. The fourth-order valence-corrected chi connectivity index (χ4v) is 3.73. The van der Waals surface area contributed by atoms with Gasteiger partial charge in [-0.2, -0.15) is 18.4 Å². The van der Waals surface area contributed by atoms with Gasteiger partial charge in [0.15, 0.2) is 16.1 Å². The number of nitrogens with two attached hydrogens (primary N) is 3. The molecule has 0 spiro atoms. The number of nitrogens with one attached hydrogen (secondary N) is 4. The third-order valence-electron chi connectivity index (χ3n) is 6.35. The largest absolute Gasteiger partial charge is 0.741 e. The molecule has 0 radical (unpaired) electrons. The first-order chi connectivity index (χ1) is 22.8. The molecule has 0 aliphatic heterocycles. The second-order valence-corrected chi connectivity index (χ2v) is 13.1. The lowest BCUT2D eigenvalue weighted by atomic mass is 10.0. The number of nitriles is 1. The highest BCUT2D eigenvalue weighted by molar-refractivity contribution is 7.86. The van der Waals surface area contributed by atoms with Crippen molar-refractivity contribution < 1.29 is 50.1 Å². The van der Waals surface area contributed by atoms with E-state index in [9.17, 15) is 42.4 Å². The van der Waals surface area contributed by atoms with Gasteiger partial charge in [-0.25, -0.2) is 8.42 Å². The van der Waals surface area contributed by atoms with E-state index in [1.54, 1.807) is 32.0 Å². The smallest absolute Gasteiger partial charge is 0.485 e. The number of halogens is 3. The van der Waals surface area contributed by atoms with Gasteiger partial charge in [0.1, 0.15) is 17.8 Å². The van der Waals surface area contributed by atoms with Crippen LogP contribution in [0, 0.1) is 17.2 Å². The minimum absolute atomic E-state index is 0.0756. The lowest BCUT2D eigenvalue weighted by Crippen LogP contribution is -2.51. The van der Waals surface area contributed by atoms with Crippen molar-refractivity contribution in [3.63, 3.8) is 0 Å². The molecule has 1 aromatic carbocycles. The summed E-state index contributed by atoms with van der Waals surface area (Å²) in [5.41, 5.74) is 11.1. The van der Waals surface area contributed by atoms with Crippen LogP contribution in [0.3, 0.4) is 0 Å². The van der Waals surface area contributed by atoms with Gasteiger partial charge in [-0.3, -0.25) is 33.4 Å². The van der Waals surface area contributed by atoms with Gasteiger partial charge < -0.3 is 43.0 Å². The van der Waals surface area contributed by atoms with E-state index in [4.69, 9.17) is 30.2 Å². The number of primary amides is 1. The third-order valence-corrected chi connectivity index (χ3v) is 6.91. The van der Waals surface area contributed by atoms with E-state index in [0.29, 0.717) is 10.9 Å². The summed E-state index contributed by atoms with van der Waals surface area (Å²) in [5, 5.41) is 19.8. The van der Waals surface area contributed by atoms with Crippen LogP contribution in [0.15, 0.2) is 23.2 Å². The van der Waals surface area contributed by atoms with Crippen molar-refractivity contribution in [2.75, 3.05) is 40.8 Å². The maximum absolute atomic E-state index is 13.1. The zero-order chi connectivity index (χ0) is 39.0. The van der Waals surface area contributed by atoms with Crippen molar-refractivity contribution in [1.29, 1.82) is 5.26 Å². The van der Waals surface area contributed by atoms with Gasteiger partial charge >= 0.3 is 5.51 Å². The number of carbonyl (C=O) groups excluding carboxylic acids is 5. The molecule has 0 aliphatic carbocycles. The van der Waals surface area contributed by atoms with Gasteiger partial charge in [0, 0.05) is 31.6 Å². The summed E-state index contributed by atoms with van der Waals surface area (Å²) in [4.78, 5) is 66.0.